The van der Waals surface area contributed by atoms with E-state index >= 15 is 0 Å². The number of aliphatic hydroxyl groups is 1. The minimum atomic E-state index is -0.231. The Morgan fingerprint density at radius 2 is 1.80 bits per heavy atom. The van der Waals surface area contributed by atoms with Crippen molar-refractivity contribution < 1.29 is 24.1 Å². The standard InChI is InChI=1S/C42H45Cl2N5O5/c43-36-19-29(24-47-25-30-8-11-41(51)48-30)39(53-26-28-18-27(21-45)22-46-23-28)20-40(36)54-37-10-9-33-32(4-1-5-34(33)37)35-6-2-7-38(42(35)44)52-17-3-14-49-15-12-31(50)13-16-49/h1-2,4-7,18-20,22-23,30-31,37,47,50H,3,8-17,24-26H2,(H,48,51)/t30-,37-/m0/s1. The Kier molecular flexibility index (Phi) is 12.5. The fourth-order valence-corrected chi connectivity index (χ4v) is 8.04. The van der Waals surface area contributed by atoms with Crippen LogP contribution in [0.2, 0.25) is 10.0 Å². The van der Waals surface area contributed by atoms with Gasteiger partial charge in [-0.25, -0.2) is 0 Å². The number of hydrogen-bond acceptors (Lipinski definition) is 9. The molecule has 0 spiro atoms. The number of piperidine rings is 1. The predicted molar refractivity (Wildman–Crippen MR) is 208 cm³/mol. The molecule has 10 nitrogen and oxygen atoms in total. The summed E-state index contributed by atoms with van der Waals surface area (Å²) in [6, 6.07) is 19.9. The van der Waals surface area contributed by atoms with Crippen molar-refractivity contribution in [1.82, 2.24) is 20.5 Å². The second-order valence-electron chi connectivity index (χ2n) is 14.2. The Hall–Kier alpha value is -4.37. The SMILES string of the molecule is N#Cc1cncc(COc2cc(O[C@H]3CCc4c(-c5cccc(OCCCN6CCC(O)CC6)c5Cl)cccc43)c(Cl)cc2CNC[C@@H]2CCC(=O)N2)c1. The van der Waals surface area contributed by atoms with Crippen molar-refractivity contribution in [2.24, 2.45) is 0 Å². The molecule has 2 saturated heterocycles. The van der Waals surface area contributed by atoms with Crippen molar-refractivity contribution in [2.75, 3.05) is 32.8 Å². The highest BCUT2D eigenvalue weighted by atomic mass is 35.5. The monoisotopic (exact) mass is 769 g/mol. The van der Waals surface area contributed by atoms with Crippen LogP contribution in [0.1, 0.15) is 72.4 Å². The molecule has 1 aromatic heterocycles. The van der Waals surface area contributed by atoms with Crippen LogP contribution in [0.3, 0.4) is 0 Å². The number of benzene rings is 3. The molecular formula is C42H45Cl2N5O5. The van der Waals surface area contributed by atoms with Crippen molar-refractivity contribution in [3.05, 3.63) is 105 Å². The Morgan fingerprint density at radius 3 is 2.61 bits per heavy atom. The number of aliphatic hydroxyl groups excluding tert-OH is 1. The van der Waals surface area contributed by atoms with Crippen LogP contribution in [0.5, 0.6) is 17.2 Å². The lowest BCUT2D eigenvalue weighted by Gasteiger charge is -2.29. The molecule has 1 amide bonds. The van der Waals surface area contributed by atoms with Gasteiger partial charge in [0.05, 0.1) is 28.3 Å². The third-order valence-corrected chi connectivity index (χ3v) is 11.1. The van der Waals surface area contributed by atoms with Gasteiger partial charge < -0.3 is 34.9 Å². The van der Waals surface area contributed by atoms with E-state index in [1.165, 1.54) is 11.8 Å². The van der Waals surface area contributed by atoms with Crippen LogP contribution in [0.4, 0.5) is 0 Å². The van der Waals surface area contributed by atoms with Crippen molar-refractivity contribution in [3.8, 4) is 34.4 Å². The van der Waals surface area contributed by atoms with Crippen molar-refractivity contribution in [3.63, 3.8) is 0 Å². The summed E-state index contributed by atoms with van der Waals surface area (Å²) in [5.74, 6) is 1.86. The highest BCUT2D eigenvalue weighted by Gasteiger charge is 2.29. The van der Waals surface area contributed by atoms with Crippen LogP contribution in [-0.2, 0) is 24.4 Å². The number of nitrogens with one attached hydrogen (secondary N) is 2. The Bertz CT molecular complexity index is 2000. The molecule has 0 saturated carbocycles. The van der Waals surface area contributed by atoms with Gasteiger partial charge in [-0.1, -0.05) is 53.5 Å². The number of aromatic nitrogens is 1. The number of carbonyl (C=O) groups is 1. The van der Waals surface area contributed by atoms with E-state index in [9.17, 15) is 15.2 Å². The molecule has 1 aliphatic carbocycles. The lowest BCUT2D eigenvalue weighted by atomic mass is 9.96. The van der Waals surface area contributed by atoms with Crippen molar-refractivity contribution in [1.29, 1.82) is 5.26 Å². The normalized spacial score (nSPS) is 18.6. The molecule has 3 aliphatic rings. The molecular weight excluding hydrogens is 725 g/mol. The summed E-state index contributed by atoms with van der Waals surface area (Å²) in [6.45, 7) is 4.65. The maximum absolute atomic E-state index is 11.7. The molecule has 3 aromatic carbocycles. The van der Waals surface area contributed by atoms with E-state index < -0.39 is 0 Å². The number of carbonyl (C=O) groups excluding carboxylic acids is 1. The fourth-order valence-electron chi connectivity index (χ4n) is 7.53. The lowest BCUT2D eigenvalue weighted by Crippen LogP contribution is -2.36. The van der Waals surface area contributed by atoms with Gasteiger partial charge in [0, 0.05) is 80.3 Å². The van der Waals surface area contributed by atoms with E-state index in [0.717, 1.165) is 86.0 Å². The number of ether oxygens (including phenoxy) is 3. The van der Waals surface area contributed by atoms with Crippen LogP contribution >= 0.6 is 23.2 Å². The van der Waals surface area contributed by atoms with Crippen molar-refractivity contribution >= 4 is 29.1 Å². The van der Waals surface area contributed by atoms with Crippen LogP contribution in [0.25, 0.3) is 11.1 Å². The third-order valence-electron chi connectivity index (χ3n) is 10.4. The number of hydrogen-bond donors (Lipinski definition) is 3. The van der Waals surface area contributed by atoms with Crippen LogP contribution in [0.15, 0.2) is 67.0 Å². The van der Waals surface area contributed by atoms with Gasteiger partial charge in [-0.05, 0) is 73.4 Å². The number of pyridine rings is 1. The Morgan fingerprint density at radius 1 is 0.963 bits per heavy atom. The number of rotatable bonds is 15. The Balaban J connectivity index is 1.05. The molecule has 2 atom stereocenters. The lowest BCUT2D eigenvalue weighted by molar-refractivity contribution is -0.119. The topological polar surface area (TPSA) is 129 Å². The summed E-state index contributed by atoms with van der Waals surface area (Å²) in [5, 5.41) is 26.6. The first-order valence-corrected chi connectivity index (χ1v) is 19.5. The smallest absolute Gasteiger partial charge is 0.220 e. The molecule has 0 bridgehead atoms. The first-order chi connectivity index (χ1) is 26.3. The zero-order chi connectivity index (χ0) is 37.4. The summed E-state index contributed by atoms with van der Waals surface area (Å²) < 4.78 is 19.2. The molecule has 2 fully saturated rings. The minimum absolute atomic E-state index is 0.0764. The third kappa shape index (κ3) is 9.28. The zero-order valence-electron chi connectivity index (χ0n) is 30.2. The number of nitrogens with zero attached hydrogens (tertiary/aromatic N) is 3. The van der Waals surface area contributed by atoms with Gasteiger partial charge in [0.25, 0.3) is 0 Å². The molecule has 282 valence electrons. The number of halogens is 2. The van der Waals surface area contributed by atoms with Gasteiger partial charge in [0.2, 0.25) is 5.91 Å². The number of likely N-dealkylation sites (tertiary alicyclic amines) is 1. The van der Waals surface area contributed by atoms with E-state index in [1.54, 1.807) is 12.3 Å². The molecule has 12 heteroatoms. The van der Waals surface area contributed by atoms with E-state index in [4.69, 9.17) is 37.4 Å². The van der Waals surface area contributed by atoms with Crippen molar-refractivity contribution in [2.45, 2.75) is 76.3 Å². The highest BCUT2D eigenvalue weighted by Crippen LogP contribution is 2.45. The van der Waals surface area contributed by atoms with Crippen LogP contribution in [-0.4, -0.2) is 65.8 Å². The quantitative estimate of drug-likeness (QED) is 0.108. The summed E-state index contributed by atoms with van der Waals surface area (Å²) in [6.07, 6.45) is 8.26. The van der Waals surface area contributed by atoms with Gasteiger partial charge >= 0.3 is 0 Å². The van der Waals surface area contributed by atoms with Gasteiger partial charge in [0.1, 0.15) is 36.0 Å². The van der Waals surface area contributed by atoms with Gasteiger partial charge in [-0.2, -0.15) is 5.26 Å². The largest absolute Gasteiger partial charge is 0.492 e. The van der Waals surface area contributed by atoms with E-state index in [-0.39, 0.29) is 30.8 Å². The second-order valence-corrected chi connectivity index (χ2v) is 15.0. The molecule has 0 unspecified atom stereocenters. The van der Waals surface area contributed by atoms with E-state index in [2.05, 4.69) is 38.7 Å². The average Bonchev–Trinajstić information content (AvgIpc) is 3.80. The van der Waals surface area contributed by atoms with Gasteiger partial charge in [0.15, 0.2) is 0 Å². The molecule has 0 radical (unpaired) electrons. The number of amides is 1. The van der Waals surface area contributed by atoms with Gasteiger partial charge in [-0.15, -0.1) is 0 Å². The van der Waals surface area contributed by atoms with Crippen LogP contribution in [0, 0.1) is 11.3 Å². The second kappa shape index (κ2) is 17.8. The zero-order valence-corrected chi connectivity index (χ0v) is 31.7. The maximum Gasteiger partial charge on any atom is 0.220 e. The summed E-state index contributed by atoms with van der Waals surface area (Å²) in [7, 11) is 0. The molecule has 2 aliphatic heterocycles. The molecule has 7 rings (SSSR count). The average molecular weight is 771 g/mol. The molecule has 4 aromatic rings. The van der Waals surface area contributed by atoms with Gasteiger partial charge in [-0.3, -0.25) is 9.78 Å². The summed E-state index contributed by atoms with van der Waals surface area (Å²) in [4.78, 5) is 18.2. The van der Waals surface area contributed by atoms with Crippen LogP contribution < -0.4 is 24.8 Å². The molecule has 54 heavy (non-hydrogen) atoms. The molecule has 3 heterocycles. The first-order valence-electron chi connectivity index (χ1n) is 18.7. The predicted octanol–water partition coefficient (Wildman–Crippen LogP) is 7.17. The number of fused-ring (bicyclic) bond motifs is 1. The maximum atomic E-state index is 11.7. The number of nitriles is 1. The summed E-state index contributed by atoms with van der Waals surface area (Å²) >= 11 is 13.9. The molecule has 3 N–H and O–H groups in total. The van der Waals surface area contributed by atoms with E-state index in [1.807, 2.05) is 36.4 Å². The Labute approximate surface area is 326 Å². The summed E-state index contributed by atoms with van der Waals surface area (Å²) in [5.41, 5.74) is 6.33. The highest BCUT2D eigenvalue weighted by molar-refractivity contribution is 6.35. The fraction of sp³-hybridized carbons (Fsp3) is 0.405. The first kappa shape index (κ1) is 37.9. The minimum Gasteiger partial charge on any atom is -0.492 e. The van der Waals surface area contributed by atoms with E-state index in [0.29, 0.717) is 59.0 Å².